The number of ether oxygens (including phenoxy) is 1. The summed E-state index contributed by atoms with van der Waals surface area (Å²) in [7, 11) is 0. The first kappa shape index (κ1) is 19.1. The summed E-state index contributed by atoms with van der Waals surface area (Å²) in [5, 5.41) is 19.7. The van der Waals surface area contributed by atoms with Crippen molar-refractivity contribution in [1.82, 2.24) is 0 Å². The molecule has 3 heteroatoms. The summed E-state index contributed by atoms with van der Waals surface area (Å²) >= 11 is 0. The first-order valence-electron chi connectivity index (χ1n) is 10.2. The fraction of sp³-hybridized carbons (Fsp3) is 0.231. The number of phenols is 2. The van der Waals surface area contributed by atoms with Crippen LogP contribution in [0.5, 0.6) is 17.2 Å². The third kappa shape index (κ3) is 3.86. The van der Waals surface area contributed by atoms with Gasteiger partial charge in [0, 0.05) is 17.2 Å². The van der Waals surface area contributed by atoms with E-state index in [1.54, 1.807) is 24.3 Å². The summed E-state index contributed by atoms with van der Waals surface area (Å²) in [6.07, 6.45) is 3.16. The maximum absolute atomic E-state index is 9.94. The maximum Gasteiger partial charge on any atom is 0.150 e. The lowest BCUT2D eigenvalue weighted by molar-refractivity contribution is 0.259. The predicted molar refractivity (Wildman–Crippen MR) is 117 cm³/mol. The van der Waals surface area contributed by atoms with Crippen LogP contribution in [-0.4, -0.2) is 10.2 Å². The van der Waals surface area contributed by atoms with Crippen LogP contribution in [0.2, 0.25) is 0 Å². The van der Waals surface area contributed by atoms with E-state index in [9.17, 15) is 10.2 Å². The predicted octanol–water partition coefficient (Wildman–Crippen LogP) is 6.50. The molecule has 1 atom stereocenters. The molecule has 0 amide bonds. The normalized spacial score (nSPS) is 15.7. The number of hydrogen-bond donors (Lipinski definition) is 2. The topological polar surface area (TPSA) is 49.7 Å². The molecule has 0 aromatic heterocycles. The number of aromatic hydroxyl groups is 2. The van der Waals surface area contributed by atoms with E-state index >= 15 is 0 Å². The van der Waals surface area contributed by atoms with E-state index < -0.39 is 0 Å². The van der Waals surface area contributed by atoms with Crippen molar-refractivity contribution in [1.29, 1.82) is 0 Å². The van der Waals surface area contributed by atoms with Crippen LogP contribution in [0, 0.1) is 0 Å². The third-order valence-corrected chi connectivity index (χ3v) is 5.56. The third-order valence-electron chi connectivity index (χ3n) is 5.56. The molecular formula is C26H26O3. The van der Waals surface area contributed by atoms with Crippen LogP contribution in [0.4, 0.5) is 0 Å². The average molecular weight is 386 g/mol. The molecule has 0 unspecified atom stereocenters. The zero-order valence-corrected chi connectivity index (χ0v) is 16.9. The summed E-state index contributed by atoms with van der Waals surface area (Å²) in [6, 6.07) is 21.1. The first-order chi connectivity index (χ1) is 14.1. The van der Waals surface area contributed by atoms with Gasteiger partial charge in [-0.1, -0.05) is 49.7 Å². The molecule has 2 N–H and O–H groups in total. The molecule has 4 rings (SSSR count). The Kier molecular flexibility index (Phi) is 5.30. The van der Waals surface area contributed by atoms with Crippen LogP contribution >= 0.6 is 0 Å². The molecule has 0 saturated heterocycles. The van der Waals surface area contributed by atoms with Gasteiger partial charge in [-0.05, 0) is 66.3 Å². The van der Waals surface area contributed by atoms with Gasteiger partial charge in [0.25, 0.3) is 0 Å². The number of allylic oxidation sites excluding steroid dienone is 1. The Labute approximate surface area is 171 Å². The van der Waals surface area contributed by atoms with Crippen molar-refractivity contribution in [3.8, 4) is 17.2 Å². The highest BCUT2D eigenvalue weighted by Gasteiger charge is 2.29. The lowest BCUT2D eigenvalue weighted by Crippen LogP contribution is -2.16. The minimum absolute atomic E-state index is 0.193. The monoisotopic (exact) mass is 386 g/mol. The second-order valence-corrected chi connectivity index (χ2v) is 7.61. The van der Waals surface area contributed by atoms with E-state index in [0.717, 1.165) is 34.3 Å². The number of unbranched alkanes of at least 4 members (excludes halogenated alkanes) is 1. The molecule has 0 aliphatic carbocycles. The van der Waals surface area contributed by atoms with Crippen molar-refractivity contribution in [3.05, 3.63) is 89.0 Å². The highest BCUT2D eigenvalue weighted by molar-refractivity contribution is 5.95. The van der Waals surface area contributed by atoms with Gasteiger partial charge in [-0.3, -0.25) is 0 Å². The number of benzene rings is 3. The van der Waals surface area contributed by atoms with E-state index in [1.165, 1.54) is 18.4 Å². The molecule has 1 aliphatic rings. The van der Waals surface area contributed by atoms with Crippen molar-refractivity contribution < 1.29 is 14.9 Å². The second kappa shape index (κ2) is 8.04. The molecule has 1 heterocycles. The number of fused-ring (bicyclic) bond motifs is 1. The number of phenolic OH excluding ortho intramolecular Hbond substituents is 2. The van der Waals surface area contributed by atoms with Crippen LogP contribution < -0.4 is 4.74 Å². The fourth-order valence-electron chi connectivity index (χ4n) is 3.93. The van der Waals surface area contributed by atoms with Crippen LogP contribution in [0.1, 0.15) is 55.0 Å². The molecule has 0 saturated carbocycles. The quantitative estimate of drug-likeness (QED) is 0.526. The van der Waals surface area contributed by atoms with E-state index in [1.807, 2.05) is 18.2 Å². The van der Waals surface area contributed by atoms with Crippen molar-refractivity contribution in [2.24, 2.45) is 0 Å². The Bertz CT molecular complexity index is 1030. The van der Waals surface area contributed by atoms with Crippen LogP contribution in [0.15, 0.2) is 66.7 Å². The standard InChI is InChI=1S/C26H26O3/c1-3-4-5-18-6-8-20(9-7-18)26-25(19-10-12-21(27)13-11-19)17(2)23-15-14-22(28)16-24(23)29-26/h6-16,26-28H,3-5H2,1-2H3/t26-/m0/s1. The van der Waals surface area contributed by atoms with Crippen molar-refractivity contribution in [2.75, 3.05) is 0 Å². The highest BCUT2D eigenvalue weighted by atomic mass is 16.5. The average Bonchev–Trinajstić information content (AvgIpc) is 2.73. The van der Waals surface area contributed by atoms with Crippen LogP contribution in [0.25, 0.3) is 11.1 Å². The van der Waals surface area contributed by atoms with Gasteiger partial charge in [0.1, 0.15) is 23.4 Å². The summed E-state index contributed by atoms with van der Waals surface area (Å²) in [6.45, 7) is 4.29. The Balaban J connectivity index is 1.80. The molecule has 3 nitrogen and oxygen atoms in total. The van der Waals surface area contributed by atoms with Crippen molar-refractivity contribution in [2.45, 2.75) is 39.2 Å². The molecule has 148 valence electrons. The maximum atomic E-state index is 9.94. The number of hydrogen-bond acceptors (Lipinski definition) is 3. The lowest BCUT2D eigenvalue weighted by atomic mass is 9.86. The molecule has 1 aliphatic heterocycles. The molecular weight excluding hydrogens is 360 g/mol. The molecule has 29 heavy (non-hydrogen) atoms. The van der Waals surface area contributed by atoms with Gasteiger partial charge >= 0.3 is 0 Å². The van der Waals surface area contributed by atoms with Gasteiger partial charge in [0.15, 0.2) is 0 Å². The van der Waals surface area contributed by atoms with Crippen LogP contribution in [-0.2, 0) is 6.42 Å². The van der Waals surface area contributed by atoms with Gasteiger partial charge < -0.3 is 14.9 Å². The van der Waals surface area contributed by atoms with Gasteiger partial charge in [-0.15, -0.1) is 0 Å². The van der Waals surface area contributed by atoms with Gasteiger partial charge in [-0.25, -0.2) is 0 Å². The number of rotatable bonds is 5. The van der Waals surface area contributed by atoms with Gasteiger partial charge in [-0.2, -0.15) is 0 Å². The van der Waals surface area contributed by atoms with Crippen molar-refractivity contribution >= 4 is 11.1 Å². The van der Waals surface area contributed by atoms with Crippen molar-refractivity contribution in [3.63, 3.8) is 0 Å². The smallest absolute Gasteiger partial charge is 0.150 e. The van der Waals surface area contributed by atoms with Gasteiger partial charge in [0.05, 0.1) is 0 Å². The Morgan fingerprint density at radius 3 is 2.24 bits per heavy atom. The number of aryl methyl sites for hydroxylation is 1. The summed E-state index contributed by atoms with van der Waals surface area (Å²) in [4.78, 5) is 0. The summed E-state index contributed by atoms with van der Waals surface area (Å²) in [5.41, 5.74) is 6.57. The highest BCUT2D eigenvalue weighted by Crippen LogP contribution is 2.47. The summed E-state index contributed by atoms with van der Waals surface area (Å²) < 4.78 is 6.41. The van der Waals surface area contributed by atoms with Crippen LogP contribution in [0.3, 0.4) is 0 Å². The molecule has 0 bridgehead atoms. The van der Waals surface area contributed by atoms with Gasteiger partial charge in [0.2, 0.25) is 0 Å². The van der Waals surface area contributed by atoms with E-state index in [-0.39, 0.29) is 17.6 Å². The SMILES string of the molecule is CCCCc1ccc([C@@H]2Oc3cc(O)ccc3C(C)=C2c2ccc(O)cc2)cc1. The molecule has 0 spiro atoms. The Hall–Kier alpha value is -3.20. The largest absolute Gasteiger partial charge is 0.508 e. The molecule has 0 fully saturated rings. The Morgan fingerprint density at radius 2 is 1.55 bits per heavy atom. The Morgan fingerprint density at radius 1 is 0.862 bits per heavy atom. The first-order valence-corrected chi connectivity index (χ1v) is 10.2. The van der Waals surface area contributed by atoms with E-state index in [4.69, 9.17) is 4.74 Å². The zero-order chi connectivity index (χ0) is 20.4. The molecule has 3 aromatic carbocycles. The fourth-order valence-corrected chi connectivity index (χ4v) is 3.93. The molecule has 0 radical (unpaired) electrons. The zero-order valence-electron chi connectivity index (χ0n) is 16.9. The second-order valence-electron chi connectivity index (χ2n) is 7.61. The summed E-state index contributed by atoms with van der Waals surface area (Å²) in [5.74, 6) is 1.12. The van der Waals surface area contributed by atoms with E-state index in [0.29, 0.717) is 5.75 Å². The minimum Gasteiger partial charge on any atom is -0.508 e. The molecule has 3 aromatic rings. The lowest BCUT2D eigenvalue weighted by Gasteiger charge is -2.31. The minimum atomic E-state index is -0.283. The van der Waals surface area contributed by atoms with E-state index in [2.05, 4.69) is 38.1 Å².